The van der Waals surface area contributed by atoms with Crippen LogP contribution >= 0.6 is 0 Å². The average Bonchev–Trinajstić information content (AvgIpc) is 3.71. The van der Waals surface area contributed by atoms with Gasteiger partial charge in [0.1, 0.15) is 17.3 Å². The molecule has 0 fully saturated rings. The number of aryl methyl sites for hydroxylation is 2. The monoisotopic (exact) mass is 704 g/mol. The molecule has 1 aliphatic rings. The fourth-order valence-electron chi connectivity index (χ4n) is 8.85. The van der Waals surface area contributed by atoms with Crippen LogP contribution in [0.3, 0.4) is 0 Å². The summed E-state index contributed by atoms with van der Waals surface area (Å²) in [5, 5.41) is 7.86. The lowest BCUT2D eigenvalue weighted by molar-refractivity contribution is 0.393. The van der Waals surface area contributed by atoms with E-state index in [0.717, 1.165) is 79.5 Å². The number of pyridine rings is 1. The normalized spacial score (nSPS) is 17.2. The topological polar surface area (TPSA) is 44.9 Å². The zero-order valence-electron chi connectivity index (χ0n) is 31.5. The first kappa shape index (κ1) is 33.6. The summed E-state index contributed by atoms with van der Waals surface area (Å²) in [6, 6.07) is 46.9. The van der Waals surface area contributed by atoms with Gasteiger partial charge < -0.3 is 4.74 Å². The van der Waals surface area contributed by atoms with Gasteiger partial charge in [0.15, 0.2) is 0 Å². The summed E-state index contributed by atoms with van der Waals surface area (Å²) in [4.78, 5) is 4.77. The van der Waals surface area contributed by atoms with Gasteiger partial charge in [-0.2, -0.15) is 5.10 Å². The van der Waals surface area contributed by atoms with E-state index in [4.69, 9.17) is 14.8 Å². The molecule has 1 aliphatic carbocycles. The fourth-order valence-corrected chi connectivity index (χ4v) is 8.85. The predicted octanol–water partition coefficient (Wildman–Crippen LogP) is 12.8. The lowest BCUT2D eigenvalue weighted by Gasteiger charge is -2.33. The van der Waals surface area contributed by atoms with Crippen molar-refractivity contribution in [1.82, 2.24) is 19.3 Å². The SMILES string of the molecule is CC1=C[C@H](C)C[C@H](C)C1c1c(-c2ccccc2)nn(-c2cc(C)cc(Oc3ccc4c5ccccc5n(-c5cc(C)ccn5)c4c3)c2)c1-c1ccccc1. The number of aromatic nitrogens is 4. The van der Waals surface area contributed by atoms with Crippen molar-refractivity contribution < 1.29 is 4.74 Å². The first-order valence-corrected chi connectivity index (χ1v) is 19.0. The molecule has 0 saturated carbocycles. The third kappa shape index (κ3) is 6.00. The summed E-state index contributed by atoms with van der Waals surface area (Å²) < 4.78 is 11.2. The Kier molecular flexibility index (Phi) is 8.50. The molecule has 0 bridgehead atoms. The lowest BCUT2D eigenvalue weighted by atomic mass is 9.71. The maximum Gasteiger partial charge on any atom is 0.137 e. The molecule has 5 nitrogen and oxygen atoms in total. The Morgan fingerprint density at radius 1 is 0.648 bits per heavy atom. The first-order valence-electron chi connectivity index (χ1n) is 19.0. The highest BCUT2D eigenvalue weighted by atomic mass is 16.5. The maximum atomic E-state index is 6.79. The number of para-hydroxylation sites is 1. The zero-order valence-corrected chi connectivity index (χ0v) is 31.5. The number of rotatable bonds is 7. The Balaban J connectivity index is 1.21. The second-order valence-electron chi connectivity index (χ2n) is 15.2. The van der Waals surface area contributed by atoms with E-state index < -0.39 is 0 Å². The predicted molar refractivity (Wildman–Crippen MR) is 222 cm³/mol. The Labute approximate surface area is 317 Å². The van der Waals surface area contributed by atoms with Crippen molar-refractivity contribution in [2.24, 2.45) is 11.8 Å². The summed E-state index contributed by atoms with van der Waals surface area (Å²) in [7, 11) is 0. The highest BCUT2D eigenvalue weighted by Gasteiger charge is 2.34. The fraction of sp³-hybridized carbons (Fsp3) is 0.184. The van der Waals surface area contributed by atoms with Crippen molar-refractivity contribution in [2.75, 3.05) is 0 Å². The van der Waals surface area contributed by atoms with Crippen LogP contribution in [0, 0.1) is 25.7 Å². The molecular formula is C49H44N4O. The van der Waals surface area contributed by atoms with E-state index in [-0.39, 0.29) is 5.92 Å². The van der Waals surface area contributed by atoms with Gasteiger partial charge in [-0.15, -0.1) is 0 Å². The van der Waals surface area contributed by atoms with E-state index in [2.05, 4.69) is 177 Å². The molecular weight excluding hydrogens is 661 g/mol. The van der Waals surface area contributed by atoms with Crippen LogP contribution in [0.1, 0.15) is 49.8 Å². The van der Waals surface area contributed by atoms with Crippen LogP contribution in [-0.2, 0) is 0 Å². The van der Waals surface area contributed by atoms with Crippen molar-refractivity contribution in [3.8, 4) is 45.5 Å². The van der Waals surface area contributed by atoms with E-state index in [1.54, 1.807) is 0 Å². The molecule has 3 aromatic heterocycles. The standard InChI is InChI=1S/C49H44N4O/c1-31-22-23-50-45(28-31)52-43-19-13-12-18-41(43)42-21-20-39(30-44(42)52)54-40-27-33(3)26-38(29-40)53-49(37-16-10-7-11-17-37)47(46-34(4)24-32(2)25-35(46)5)48(51-53)36-14-8-6-9-15-36/h6-24,26-30,32,35,46H,25H2,1-5H3/t32-,35-,46?/m0/s1. The summed E-state index contributed by atoms with van der Waals surface area (Å²) in [5.41, 5.74) is 12.5. The number of fused-ring (bicyclic) bond motifs is 3. The molecule has 3 heterocycles. The minimum Gasteiger partial charge on any atom is -0.457 e. The van der Waals surface area contributed by atoms with Crippen LogP contribution < -0.4 is 4.74 Å². The summed E-state index contributed by atoms with van der Waals surface area (Å²) >= 11 is 0. The van der Waals surface area contributed by atoms with Crippen molar-refractivity contribution in [3.05, 3.63) is 168 Å². The second kappa shape index (κ2) is 13.7. The molecule has 8 aromatic rings. The van der Waals surface area contributed by atoms with Crippen LogP contribution in [0.25, 0.3) is 55.8 Å². The van der Waals surface area contributed by atoms with Gasteiger partial charge in [-0.1, -0.05) is 104 Å². The number of allylic oxidation sites excluding steroid dienone is 2. The minimum atomic E-state index is 0.238. The van der Waals surface area contributed by atoms with Crippen LogP contribution in [0.5, 0.6) is 11.5 Å². The molecule has 266 valence electrons. The van der Waals surface area contributed by atoms with Crippen molar-refractivity contribution in [3.63, 3.8) is 0 Å². The Hall–Kier alpha value is -6.20. The molecule has 0 spiro atoms. The van der Waals surface area contributed by atoms with Gasteiger partial charge in [0.25, 0.3) is 0 Å². The van der Waals surface area contributed by atoms with E-state index in [1.165, 1.54) is 16.5 Å². The van der Waals surface area contributed by atoms with Crippen LogP contribution in [0.4, 0.5) is 0 Å². The number of hydrogen-bond acceptors (Lipinski definition) is 3. The molecule has 5 aromatic carbocycles. The Bertz CT molecular complexity index is 2680. The highest BCUT2D eigenvalue weighted by Crippen LogP contribution is 2.48. The van der Waals surface area contributed by atoms with Gasteiger partial charge in [0.2, 0.25) is 0 Å². The summed E-state index contributed by atoms with van der Waals surface area (Å²) in [5.74, 6) is 3.66. The third-order valence-electron chi connectivity index (χ3n) is 11.0. The molecule has 1 unspecified atom stereocenters. The molecule has 3 atom stereocenters. The molecule has 0 aliphatic heterocycles. The van der Waals surface area contributed by atoms with Gasteiger partial charge in [0, 0.05) is 51.7 Å². The molecule has 0 N–H and O–H groups in total. The van der Waals surface area contributed by atoms with E-state index in [1.807, 2.05) is 12.3 Å². The number of ether oxygens (including phenoxy) is 1. The molecule has 9 rings (SSSR count). The largest absolute Gasteiger partial charge is 0.457 e. The smallest absolute Gasteiger partial charge is 0.137 e. The first-order chi connectivity index (χ1) is 26.3. The van der Waals surface area contributed by atoms with E-state index in [0.29, 0.717) is 11.8 Å². The van der Waals surface area contributed by atoms with Gasteiger partial charge >= 0.3 is 0 Å². The van der Waals surface area contributed by atoms with Crippen LogP contribution in [0.15, 0.2) is 151 Å². The molecule has 0 saturated heterocycles. The van der Waals surface area contributed by atoms with Crippen molar-refractivity contribution in [1.29, 1.82) is 0 Å². The molecule has 5 heteroatoms. The van der Waals surface area contributed by atoms with Gasteiger partial charge in [-0.25, -0.2) is 9.67 Å². The molecule has 0 amide bonds. The maximum absolute atomic E-state index is 6.79. The van der Waals surface area contributed by atoms with E-state index in [9.17, 15) is 0 Å². The number of benzene rings is 5. The van der Waals surface area contributed by atoms with Gasteiger partial charge in [0.05, 0.1) is 28.1 Å². The minimum absolute atomic E-state index is 0.238. The van der Waals surface area contributed by atoms with Crippen LogP contribution in [0.2, 0.25) is 0 Å². The number of nitrogens with zero attached hydrogens (tertiary/aromatic N) is 4. The third-order valence-corrected chi connectivity index (χ3v) is 11.0. The highest BCUT2D eigenvalue weighted by molar-refractivity contribution is 6.09. The van der Waals surface area contributed by atoms with Gasteiger partial charge in [-0.3, -0.25) is 4.57 Å². The average molecular weight is 705 g/mol. The molecule has 54 heavy (non-hydrogen) atoms. The Morgan fingerprint density at radius 2 is 1.37 bits per heavy atom. The lowest BCUT2D eigenvalue weighted by Crippen LogP contribution is -2.20. The summed E-state index contributed by atoms with van der Waals surface area (Å²) in [6.45, 7) is 11.3. The van der Waals surface area contributed by atoms with Crippen molar-refractivity contribution in [2.45, 2.75) is 47.0 Å². The van der Waals surface area contributed by atoms with Crippen molar-refractivity contribution >= 4 is 21.8 Å². The van der Waals surface area contributed by atoms with Gasteiger partial charge in [-0.05, 0) is 92.6 Å². The quantitative estimate of drug-likeness (QED) is 0.155. The Morgan fingerprint density at radius 3 is 2.13 bits per heavy atom. The van der Waals surface area contributed by atoms with E-state index >= 15 is 0 Å². The molecule has 0 radical (unpaired) electrons. The summed E-state index contributed by atoms with van der Waals surface area (Å²) in [6.07, 6.45) is 5.48. The second-order valence-corrected chi connectivity index (χ2v) is 15.2. The zero-order chi connectivity index (χ0) is 36.9. The number of hydrogen-bond donors (Lipinski definition) is 0. The van der Waals surface area contributed by atoms with Crippen LogP contribution in [-0.4, -0.2) is 19.3 Å².